The van der Waals surface area contributed by atoms with Crippen LogP contribution in [0.15, 0.2) is 0 Å². The van der Waals surface area contributed by atoms with Gasteiger partial charge in [0.25, 0.3) is 0 Å². The first kappa shape index (κ1) is 35.4. The second-order valence-corrected chi connectivity index (χ2v) is 5.59. The Hall–Kier alpha value is -4.80. The molecule has 26 heteroatoms. The zero-order chi connectivity index (χ0) is 26.8. The Morgan fingerprint density at radius 1 is 0.474 bits per heavy atom. The summed E-state index contributed by atoms with van der Waals surface area (Å²) in [7, 11) is 0. The van der Waals surface area contributed by atoms with Crippen molar-refractivity contribution in [3.63, 3.8) is 0 Å². The molecule has 4 heterocycles. The van der Waals surface area contributed by atoms with Gasteiger partial charge in [0.15, 0.2) is 23.3 Å². The molecule has 0 fully saturated rings. The summed E-state index contributed by atoms with van der Waals surface area (Å²) in [6, 6.07) is 0. The first-order valence-electron chi connectivity index (χ1n) is 8.92. The molecule has 4 aromatic heterocycles. The SMILES string of the molecule is O=C(O)Cc1nn[nH]n1.O=C(O)Cc1nn[nH]n1.O=C(O)Cc1nn[nH]n1.O=C(O)Cc1nn[nH]n1.[Cu].[Fe]. The maximum Gasteiger partial charge on any atom is 0.311 e. The molecule has 0 aliphatic heterocycles. The predicted molar refractivity (Wildman–Crippen MR) is 102 cm³/mol. The maximum absolute atomic E-state index is 9.94. The molecule has 38 heavy (non-hydrogen) atoms. The number of carbonyl (C=O) groups is 4. The summed E-state index contributed by atoms with van der Waals surface area (Å²) in [5, 5.41) is 81.3. The van der Waals surface area contributed by atoms with Gasteiger partial charge in [0.05, 0.1) is 0 Å². The quantitative estimate of drug-likeness (QED) is 0.0846. The van der Waals surface area contributed by atoms with Crippen LogP contribution in [0.2, 0.25) is 0 Å². The summed E-state index contributed by atoms with van der Waals surface area (Å²) in [6.07, 6.45) is -0.736. The Labute approximate surface area is 229 Å². The summed E-state index contributed by atoms with van der Waals surface area (Å²) in [4.78, 5) is 39.8. The van der Waals surface area contributed by atoms with E-state index in [4.69, 9.17) is 20.4 Å². The van der Waals surface area contributed by atoms with Crippen LogP contribution in [0.3, 0.4) is 0 Å². The van der Waals surface area contributed by atoms with Crippen LogP contribution in [0.25, 0.3) is 0 Å². The van der Waals surface area contributed by atoms with Crippen LogP contribution in [-0.4, -0.2) is 127 Å². The predicted octanol–water partition coefficient (Wildman–Crippen LogP) is -4.70. The standard InChI is InChI=1S/4C3H4N4O2.Cu.Fe/c4*8-3(9)1-2-4-6-7-5-2;;/h4*1H2,(H,8,9)(H,4,5,6,7);;. The Morgan fingerprint density at radius 3 is 0.763 bits per heavy atom. The van der Waals surface area contributed by atoms with Gasteiger partial charge in [-0.25, -0.2) is 0 Å². The van der Waals surface area contributed by atoms with Crippen molar-refractivity contribution in [2.45, 2.75) is 25.7 Å². The van der Waals surface area contributed by atoms with E-state index in [1.54, 1.807) is 0 Å². The van der Waals surface area contributed by atoms with E-state index < -0.39 is 23.9 Å². The summed E-state index contributed by atoms with van der Waals surface area (Å²) in [6.45, 7) is 0. The van der Waals surface area contributed by atoms with Crippen molar-refractivity contribution >= 4 is 23.9 Å². The molecule has 0 spiro atoms. The molecule has 0 aliphatic carbocycles. The minimum absolute atomic E-state index is 0. The van der Waals surface area contributed by atoms with Gasteiger partial charge in [0, 0.05) is 34.1 Å². The van der Waals surface area contributed by atoms with Crippen molar-refractivity contribution < 1.29 is 73.7 Å². The van der Waals surface area contributed by atoms with Crippen molar-refractivity contribution in [1.82, 2.24) is 82.5 Å². The maximum atomic E-state index is 9.94. The van der Waals surface area contributed by atoms with Crippen molar-refractivity contribution in [2.75, 3.05) is 0 Å². The van der Waals surface area contributed by atoms with Crippen LogP contribution >= 0.6 is 0 Å². The largest absolute Gasteiger partial charge is 0.481 e. The topological polar surface area (TPSA) is 367 Å². The minimum atomic E-state index is -0.962. The average Bonchev–Trinajstić information content (AvgIpc) is 3.58. The minimum Gasteiger partial charge on any atom is -0.481 e. The first-order chi connectivity index (χ1) is 17.2. The van der Waals surface area contributed by atoms with E-state index in [9.17, 15) is 19.2 Å². The fraction of sp³-hybridized carbons (Fsp3) is 0.333. The van der Waals surface area contributed by atoms with Gasteiger partial charge in [0.2, 0.25) is 0 Å². The molecule has 0 aliphatic rings. The number of nitrogens with one attached hydrogen (secondary N) is 4. The Balaban J connectivity index is 0. The fourth-order valence-corrected chi connectivity index (χ4v) is 1.57. The number of aromatic amines is 4. The Bertz CT molecular complexity index is 973. The normalized spacial score (nSPS) is 8.84. The zero-order valence-electron chi connectivity index (χ0n) is 18.3. The van der Waals surface area contributed by atoms with E-state index in [2.05, 4.69) is 82.5 Å². The number of carboxylic acid groups (broad SMARTS) is 4. The zero-order valence-corrected chi connectivity index (χ0v) is 20.3. The summed E-state index contributed by atoms with van der Waals surface area (Å²) in [5.41, 5.74) is 0. The molecule has 1 radical (unpaired) electrons. The molecular formula is C12H16CuFeN16O8. The van der Waals surface area contributed by atoms with Gasteiger partial charge in [-0.05, 0) is 0 Å². The first-order valence-corrected chi connectivity index (χ1v) is 8.92. The number of hydrogen-bond donors (Lipinski definition) is 8. The van der Waals surface area contributed by atoms with E-state index in [0.717, 1.165) is 0 Å². The van der Waals surface area contributed by atoms with E-state index in [1.165, 1.54) is 0 Å². The number of hydrogen-bond acceptors (Lipinski definition) is 16. The number of rotatable bonds is 8. The summed E-state index contributed by atoms with van der Waals surface area (Å²) < 4.78 is 0. The van der Waals surface area contributed by atoms with E-state index >= 15 is 0 Å². The number of tetrazole rings is 4. The van der Waals surface area contributed by atoms with Gasteiger partial charge in [-0.1, -0.05) is 20.9 Å². The van der Waals surface area contributed by atoms with Gasteiger partial charge >= 0.3 is 23.9 Å². The Morgan fingerprint density at radius 2 is 0.658 bits per heavy atom. The molecular weight excluding hydrogens is 616 g/mol. The molecule has 0 atom stereocenters. The second-order valence-electron chi connectivity index (χ2n) is 5.59. The molecule has 0 unspecified atom stereocenters. The van der Waals surface area contributed by atoms with Crippen LogP contribution in [0.1, 0.15) is 23.3 Å². The van der Waals surface area contributed by atoms with Gasteiger partial charge in [0.1, 0.15) is 25.7 Å². The number of nitrogens with zero attached hydrogens (tertiary/aromatic N) is 12. The number of H-pyrrole nitrogens is 4. The van der Waals surface area contributed by atoms with Crippen molar-refractivity contribution in [1.29, 1.82) is 0 Å². The molecule has 0 aromatic carbocycles. The van der Waals surface area contributed by atoms with Crippen LogP contribution in [-0.2, 0) is 79.0 Å². The molecule has 8 N–H and O–H groups in total. The second kappa shape index (κ2) is 20.4. The summed E-state index contributed by atoms with van der Waals surface area (Å²) >= 11 is 0. The third-order valence-corrected chi connectivity index (χ3v) is 2.79. The van der Waals surface area contributed by atoms with Gasteiger partial charge in [-0.15, -0.1) is 40.8 Å². The molecule has 4 rings (SSSR count). The molecule has 0 saturated carbocycles. The van der Waals surface area contributed by atoms with Crippen LogP contribution in [0, 0.1) is 0 Å². The summed E-state index contributed by atoms with van der Waals surface area (Å²) in [5.74, 6) is -3.06. The monoisotopic (exact) mass is 631 g/mol. The van der Waals surface area contributed by atoms with Crippen LogP contribution < -0.4 is 0 Å². The van der Waals surface area contributed by atoms with Gasteiger partial charge in [-0.2, -0.15) is 20.9 Å². The number of carboxylic acids is 4. The molecule has 0 saturated heterocycles. The van der Waals surface area contributed by atoms with E-state index in [1.807, 2.05) is 0 Å². The molecule has 4 aromatic rings. The molecule has 0 bridgehead atoms. The third-order valence-electron chi connectivity index (χ3n) is 2.79. The fourth-order valence-electron chi connectivity index (χ4n) is 1.57. The Kier molecular flexibility index (Phi) is 19.0. The van der Waals surface area contributed by atoms with E-state index in [0.29, 0.717) is 0 Å². The molecule has 0 amide bonds. The third kappa shape index (κ3) is 18.5. The van der Waals surface area contributed by atoms with Crippen molar-refractivity contribution in [3.05, 3.63) is 23.3 Å². The van der Waals surface area contributed by atoms with Gasteiger partial charge < -0.3 is 20.4 Å². The van der Waals surface area contributed by atoms with E-state index in [-0.39, 0.29) is 83.1 Å². The number of aliphatic carboxylic acids is 4. The van der Waals surface area contributed by atoms with Crippen molar-refractivity contribution in [2.24, 2.45) is 0 Å². The van der Waals surface area contributed by atoms with Gasteiger partial charge in [-0.3, -0.25) is 19.2 Å². The van der Waals surface area contributed by atoms with Crippen molar-refractivity contribution in [3.8, 4) is 0 Å². The average molecular weight is 632 g/mol. The van der Waals surface area contributed by atoms with Crippen LogP contribution in [0.4, 0.5) is 0 Å². The smallest absolute Gasteiger partial charge is 0.311 e. The van der Waals surface area contributed by atoms with Crippen LogP contribution in [0.5, 0.6) is 0 Å². The number of aromatic nitrogens is 16. The molecule has 24 nitrogen and oxygen atoms in total. The molecule has 211 valence electrons.